The van der Waals surface area contributed by atoms with Crippen LogP contribution >= 0.6 is 0 Å². The van der Waals surface area contributed by atoms with Crippen molar-refractivity contribution in [2.45, 2.75) is 38.0 Å². The van der Waals surface area contributed by atoms with Crippen LogP contribution in [0.2, 0.25) is 0 Å². The minimum Gasteiger partial charge on any atom is -0.465 e. The highest BCUT2D eigenvalue weighted by Crippen LogP contribution is 2.30. The fourth-order valence-electron chi connectivity index (χ4n) is 5.53. The molecular weight excluding hydrogens is 835 g/mol. The molecule has 356 valence electrons. The Balaban J connectivity index is 1.39. The SMILES string of the molecule is CCCN(CCC)C(=O)C1=Cc2ccc(S(=O)(=O)N(C)CCOCCOCCOCCOCCOCCOCCOCCOCCOCCOCCNC(=O)O)cc2N=C(N)C1. The molecular formula is C41H71N5O15S. The number of carbonyl (C=O) groups excluding carboxylic acids is 1. The smallest absolute Gasteiger partial charge is 0.404 e. The normalized spacial score (nSPS) is 12.8. The molecule has 2 rings (SSSR count). The molecule has 0 saturated carbocycles. The number of amidine groups is 1. The van der Waals surface area contributed by atoms with Crippen LogP contribution in [0, 0.1) is 0 Å². The van der Waals surface area contributed by atoms with Crippen molar-refractivity contribution in [1.29, 1.82) is 0 Å². The summed E-state index contributed by atoms with van der Waals surface area (Å²) in [6, 6.07) is 4.67. The summed E-state index contributed by atoms with van der Waals surface area (Å²) in [6.45, 7) is 13.8. The molecule has 0 fully saturated rings. The van der Waals surface area contributed by atoms with Crippen LogP contribution in [0.25, 0.3) is 6.08 Å². The fraction of sp³-hybridized carbons (Fsp3) is 0.732. The van der Waals surface area contributed by atoms with Crippen molar-refractivity contribution in [3.8, 4) is 0 Å². The van der Waals surface area contributed by atoms with E-state index in [1.807, 2.05) is 18.7 Å². The van der Waals surface area contributed by atoms with Crippen LogP contribution in [0.4, 0.5) is 10.5 Å². The maximum atomic E-state index is 13.3. The first-order valence-corrected chi connectivity index (χ1v) is 22.7. The molecule has 0 aliphatic carbocycles. The minimum absolute atomic E-state index is 0.0752. The number of aliphatic imine (C=N–C) groups is 1. The fourth-order valence-corrected chi connectivity index (χ4v) is 6.71. The van der Waals surface area contributed by atoms with Gasteiger partial charge in [-0.3, -0.25) is 4.79 Å². The van der Waals surface area contributed by atoms with Gasteiger partial charge in [0.1, 0.15) is 5.84 Å². The molecule has 1 aromatic carbocycles. The average Bonchev–Trinajstić information content (AvgIpc) is 3.42. The molecule has 1 heterocycles. The number of rotatable bonds is 40. The molecule has 62 heavy (non-hydrogen) atoms. The number of nitrogens with one attached hydrogen (secondary N) is 1. The predicted molar refractivity (Wildman–Crippen MR) is 232 cm³/mol. The second-order valence-corrected chi connectivity index (χ2v) is 15.7. The Kier molecular flexibility index (Phi) is 31.0. The van der Waals surface area contributed by atoms with E-state index in [2.05, 4.69) is 10.3 Å². The standard InChI is InChI=1S/C41H71N5O15S/c1-4-9-46(10-5-2)40(47)36-32-35-6-7-37(34-38(35)44-39(42)33-36)62(50,51)45(3)11-13-53-15-17-55-19-21-57-23-25-59-27-29-61-31-30-60-28-26-58-24-22-56-20-18-54-16-14-52-12-8-43-41(48)49/h6-7,32,34,43H,4-5,8-31,33H2,1-3H3,(H2,42,44)(H,48,49). The van der Waals surface area contributed by atoms with E-state index in [1.165, 1.54) is 23.5 Å². The quantitative estimate of drug-likeness (QED) is 0.0800. The summed E-state index contributed by atoms with van der Waals surface area (Å²) in [5, 5.41) is 10.7. The number of carbonyl (C=O) groups is 2. The molecule has 1 aliphatic heterocycles. The zero-order valence-corrected chi connectivity index (χ0v) is 37.7. The van der Waals surface area contributed by atoms with Crippen LogP contribution in [0.3, 0.4) is 0 Å². The lowest BCUT2D eigenvalue weighted by atomic mass is 10.1. The van der Waals surface area contributed by atoms with Crippen LogP contribution in [0.1, 0.15) is 38.7 Å². The molecule has 0 radical (unpaired) electrons. The molecule has 0 atom stereocenters. The molecule has 0 aromatic heterocycles. The zero-order chi connectivity index (χ0) is 45.1. The second-order valence-electron chi connectivity index (χ2n) is 13.6. The van der Waals surface area contributed by atoms with Gasteiger partial charge in [-0.25, -0.2) is 18.2 Å². The van der Waals surface area contributed by atoms with Crippen molar-refractivity contribution in [1.82, 2.24) is 14.5 Å². The van der Waals surface area contributed by atoms with Crippen LogP contribution in [-0.4, -0.2) is 206 Å². The van der Waals surface area contributed by atoms with Gasteiger partial charge in [0.25, 0.3) is 0 Å². The Bertz CT molecular complexity index is 1530. The monoisotopic (exact) mass is 905 g/mol. The molecule has 4 N–H and O–H groups in total. The summed E-state index contributed by atoms with van der Waals surface area (Å²) >= 11 is 0. The number of amides is 2. The maximum absolute atomic E-state index is 13.3. The topological polar surface area (TPSA) is 238 Å². The van der Waals surface area contributed by atoms with Gasteiger partial charge in [-0.2, -0.15) is 4.31 Å². The maximum Gasteiger partial charge on any atom is 0.404 e. The predicted octanol–water partition coefficient (Wildman–Crippen LogP) is 2.17. The van der Waals surface area contributed by atoms with E-state index in [-0.39, 0.29) is 42.8 Å². The molecule has 2 amide bonds. The highest BCUT2D eigenvalue weighted by Gasteiger charge is 2.24. The first-order valence-electron chi connectivity index (χ1n) is 21.3. The van der Waals surface area contributed by atoms with Gasteiger partial charge in [-0.1, -0.05) is 19.9 Å². The third kappa shape index (κ3) is 25.1. The first kappa shape index (κ1) is 54.8. The van der Waals surface area contributed by atoms with Crippen molar-refractivity contribution in [2.24, 2.45) is 10.7 Å². The van der Waals surface area contributed by atoms with Gasteiger partial charge in [-0.15, -0.1) is 0 Å². The van der Waals surface area contributed by atoms with Crippen molar-refractivity contribution in [3.05, 3.63) is 29.3 Å². The number of nitrogens with zero attached hydrogens (tertiary/aromatic N) is 3. The van der Waals surface area contributed by atoms with Gasteiger partial charge >= 0.3 is 6.09 Å². The summed E-state index contributed by atoms with van der Waals surface area (Å²) in [6.07, 6.45) is 2.56. The van der Waals surface area contributed by atoms with Gasteiger partial charge in [0, 0.05) is 50.8 Å². The van der Waals surface area contributed by atoms with E-state index in [9.17, 15) is 18.0 Å². The molecule has 0 saturated heterocycles. The van der Waals surface area contributed by atoms with Gasteiger partial charge in [0.15, 0.2) is 0 Å². The molecule has 0 spiro atoms. The number of sulfonamides is 1. The Labute approximate surface area is 367 Å². The minimum atomic E-state index is -3.83. The number of nitrogens with two attached hydrogens (primary N) is 1. The van der Waals surface area contributed by atoms with Crippen LogP contribution in [0.5, 0.6) is 0 Å². The summed E-state index contributed by atoms with van der Waals surface area (Å²) < 4.78 is 82.4. The number of benzene rings is 1. The first-order chi connectivity index (χ1) is 30.1. The Hall–Kier alpha value is -3.32. The van der Waals surface area contributed by atoms with Crippen molar-refractivity contribution >= 4 is 39.6 Å². The van der Waals surface area contributed by atoms with E-state index in [4.69, 9.17) is 58.2 Å². The summed E-state index contributed by atoms with van der Waals surface area (Å²) in [7, 11) is -2.34. The van der Waals surface area contributed by atoms with Crippen LogP contribution < -0.4 is 11.1 Å². The third-order valence-electron chi connectivity index (χ3n) is 8.65. The summed E-state index contributed by atoms with van der Waals surface area (Å²) in [5.74, 6) is 0.167. The van der Waals surface area contributed by atoms with Gasteiger partial charge in [0.2, 0.25) is 15.9 Å². The van der Waals surface area contributed by atoms with Gasteiger partial charge in [0.05, 0.1) is 143 Å². The lowest BCUT2D eigenvalue weighted by Crippen LogP contribution is -2.34. The number of fused-ring (bicyclic) bond motifs is 1. The lowest BCUT2D eigenvalue weighted by molar-refractivity contribution is -0.127. The number of carboxylic acid groups (broad SMARTS) is 1. The molecule has 0 bridgehead atoms. The number of ether oxygens (including phenoxy) is 10. The summed E-state index contributed by atoms with van der Waals surface area (Å²) in [5.41, 5.74) is 7.74. The molecule has 1 aliphatic rings. The highest BCUT2D eigenvalue weighted by atomic mass is 32.2. The van der Waals surface area contributed by atoms with Crippen LogP contribution in [0.15, 0.2) is 33.7 Å². The molecule has 21 heteroatoms. The largest absolute Gasteiger partial charge is 0.465 e. The molecule has 20 nitrogen and oxygen atoms in total. The molecule has 1 aromatic rings. The second kappa shape index (κ2) is 35.1. The van der Waals surface area contributed by atoms with E-state index < -0.39 is 16.1 Å². The van der Waals surface area contributed by atoms with Crippen molar-refractivity contribution < 1.29 is 70.5 Å². The average molecular weight is 906 g/mol. The van der Waals surface area contributed by atoms with Crippen molar-refractivity contribution in [3.63, 3.8) is 0 Å². The highest BCUT2D eigenvalue weighted by molar-refractivity contribution is 7.89. The zero-order valence-electron chi connectivity index (χ0n) is 36.9. The van der Waals surface area contributed by atoms with Gasteiger partial charge < -0.3 is 68.4 Å². The lowest BCUT2D eigenvalue weighted by Gasteiger charge is -2.22. The van der Waals surface area contributed by atoms with E-state index in [1.54, 1.807) is 12.1 Å². The van der Waals surface area contributed by atoms with E-state index in [0.717, 1.165) is 12.8 Å². The number of likely N-dealkylation sites (N-methyl/N-ethyl adjacent to an activating group) is 1. The van der Waals surface area contributed by atoms with E-state index >= 15 is 0 Å². The van der Waals surface area contributed by atoms with E-state index in [0.29, 0.717) is 155 Å². The Morgan fingerprint density at radius 1 is 0.661 bits per heavy atom. The van der Waals surface area contributed by atoms with Crippen molar-refractivity contribution in [2.75, 3.05) is 165 Å². The third-order valence-corrected chi connectivity index (χ3v) is 10.5. The van der Waals surface area contributed by atoms with Gasteiger partial charge in [-0.05, 0) is 31.1 Å². The Morgan fingerprint density at radius 2 is 1.06 bits per heavy atom. The Morgan fingerprint density at radius 3 is 1.47 bits per heavy atom. The number of hydrogen-bond acceptors (Lipinski definition) is 16. The molecule has 0 unspecified atom stereocenters. The number of hydrogen-bond donors (Lipinski definition) is 3. The summed E-state index contributed by atoms with van der Waals surface area (Å²) in [4.78, 5) is 29.9. The van der Waals surface area contributed by atoms with Crippen LogP contribution in [-0.2, 0) is 62.2 Å².